The van der Waals surface area contributed by atoms with Crippen molar-refractivity contribution in [3.63, 3.8) is 0 Å². The van der Waals surface area contributed by atoms with Gasteiger partial charge in [-0.1, -0.05) is 36.4 Å². The van der Waals surface area contributed by atoms with Crippen LogP contribution in [0, 0.1) is 6.92 Å². The number of methoxy groups -OCH3 is 2. The second-order valence-corrected chi connectivity index (χ2v) is 6.99. The standard InChI is InChI=1S/C18H21NO3.C3H4N4O.C3H8O/c1-5-6-15(11-14(3)21-4)17-12-22-18(20)19(17)16-9-7-13(2)8-10-16;1-7-5-3(2-8)4-6-7;1-3-4-2/h5-11,17H,1,12H2,2-4H3;2H,1H3;3H2,1-2H3/b14-11+,15-6+;;. The number of hydrogen-bond acceptors (Lipinski definition) is 8. The number of nitrogens with zero attached hydrogens (tertiary/aromatic N) is 5. The van der Waals surface area contributed by atoms with Crippen molar-refractivity contribution in [3.05, 3.63) is 71.8 Å². The first-order chi connectivity index (χ1) is 16.3. The van der Waals surface area contributed by atoms with Crippen molar-refractivity contribution in [2.45, 2.75) is 26.8 Å². The highest BCUT2D eigenvalue weighted by Gasteiger charge is 2.35. The van der Waals surface area contributed by atoms with E-state index in [1.807, 2.05) is 57.2 Å². The average molecular weight is 472 g/mol. The van der Waals surface area contributed by atoms with Gasteiger partial charge in [-0.3, -0.25) is 9.69 Å². The molecule has 1 saturated heterocycles. The predicted octanol–water partition coefficient (Wildman–Crippen LogP) is 3.66. The van der Waals surface area contributed by atoms with Crippen molar-refractivity contribution >= 4 is 18.1 Å². The first-order valence-corrected chi connectivity index (χ1v) is 10.6. The van der Waals surface area contributed by atoms with Crippen LogP contribution in [0.15, 0.2) is 60.4 Å². The van der Waals surface area contributed by atoms with E-state index in [4.69, 9.17) is 9.47 Å². The van der Waals surface area contributed by atoms with Crippen molar-refractivity contribution in [2.24, 2.45) is 7.05 Å². The summed E-state index contributed by atoms with van der Waals surface area (Å²) >= 11 is 0. The molecule has 1 atom stereocenters. The van der Waals surface area contributed by atoms with Gasteiger partial charge < -0.3 is 14.2 Å². The largest absolute Gasteiger partial charge is 0.501 e. The topological polar surface area (TPSA) is 109 Å². The number of rotatable bonds is 7. The van der Waals surface area contributed by atoms with Crippen LogP contribution in [0.3, 0.4) is 0 Å². The molecule has 10 nitrogen and oxygen atoms in total. The number of anilines is 1. The highest BCUT2D eigenvalue weighted by atomic mass is 16.6. The van der Waals surface area contributed by atoms with Gasteiger partial charge in [0.2, 0.25) is 5.82 Å². The lowest BCUT2D eigenvalue weighted by atomic mass is 10.0. The number of aldehydes is 1. The molecule has 0 bridgehead atoms. The van der Waals surface area contributed by atoms with E-state index < -0.39 is 0 Å². The van der Waals surface area contributed by atoms with E-state index in [0.717, 1.165) is 29.2 Å². The number of benzene rings is 1. The maximum atomic E-state index is 12.1. The first kappa shape index (κ1) is 28.2. The van der Waals surface area contributed by atoms with E-state index in [0.29, 0.717) is 12.9 Å². The van der Waals surface area contributed by atoms with Gasteiger partial charge in [0.15, 0.2) is 6.29 Å². The van der Waals surface area contributed by atoms with Gasteiger partial charge in [-0.05, 0) is 49.8 Å². The maximum Gasteiger partial charge on any atom is 0.415 e. The summed E-state index contributed by atoms with van der Waals surface area (Å²) in [7, 11) is 4.89. The van der Waals surface area contributed by atoms with Gasteiger partial charge in [0.1, 0.15) is 6.61 Å². The number of ether oxygens (including phenoxy) is 3. The number of aromatic nitrogens is 4. The molecule has 184 valence electrons. The fraction of sp³-hybridized carbons (Fsp3) is 0.375. The molecule has 2 aromatic rings. The Morgan fingerprint density at radius 2 is 1.94 bits per heavy atom. The number of cyclic esters (lactones) is 1. The molecular weight excluding hydrogens is 438 g/mol. The van der Waals surface area contributed by atoms with Crippen LogP contribution < -0.4 is 4.90 Å². The van der Waals surface area contributed by atoms with Crippen LogP contribution in [0.1, 0.15) is 30.0 Å². The summed E-state index contributed by atoms with van der Waals surface area (Å²) in [6.07, 6.45) is 5.68. The van der Waals surface area contributed by atoms with Gasteiger partial charge in [-0.15, -0.1) is 10.2 Å². The van der Waals surface area contributed by atoms with Crippen molar-refractivity contribution in [3.8, 4) is 0 Å². The summed E-state index contributed by atoms with van der Waals surface area (Å²) in [4.78, 5) is 24.9. The zero-order chi connectivity index (χ0) is 25.5. The summed E-state index contributed by atoms with van der Waals surface area (Å²) in [6.45, 7) is 10.7. The Morgan fingerprint density at radius 1 is 1.29 bits per heavy atom. The molecule has 3 rings (SSSR count). The van der Waals surface area contributed by atoms with Crippen LogP contribution in [0.25, 0.3) is 0 Å². The zero-order valence-electron chi connectivity index (χ0n) is 20.6. The maximum absolute atomic E-state index is 12.1. The van der Waals surface area contributed by atoms with Gasteiger partial charge in [0, 0.05) is 19.4 Å². The first-order valence-electron chi connectivity index (χ1n) is 10.6. The van der Waals surface area contributed by atoms with E-state index in [2.05, 4.69) is 26.7 Å². The number of tetrazole rings is 1. The monoisotopic (exact) mass is 471 g/mol. The van der Waals surface area contributed by atoms with Crippen LogP contribution in [-0.4, -0.2) is 66.1 Å². The Bertz CT molecular complexity index is 980. The van der Waals surface area contributed by atoms with Gasteiger partial charge >= 0.3 is 6.09 Å². The fourth-order valence-electron chi connectivity index (χ4n) is 2.69. The molecule has 10 heteroatoms. The number of carbonyl (C=O) groups excluding carboxylic acids is 2. The van der Waals surface area contributed by atoms with Crippen LogP contribution in [0.4, 0.5) is 10.5 Å². The minimum atomic E-state index is -0.340. The Balaban J connectivity index is 0.000000395. The number of amides is 1. The van der Waals surface area contributed by atoms with E-state index in [1.165, 1.54) is 4.80 Å². The molecule has 0 N–H and O–H groups in total. The smallest absolute Gasteiger partial charge is 0.415 e. The van der Waals surface area contributed by atoms with Gasteiger partial charge in [0.05, 0.1) is 26.0 Å². The highest BCUT2D eigenvalue weighted by Crippen LogP contribution is 2.28. The van der Waals surface area contributed by atoms with Crippen molar-refractivity contribution < 1.29 is 23.8 Å². The lowest BCUT2D eigenvalue weighted by Gasteiger charge is -2.23. The lowest BCUT2D eigenvalue weighted by molar-refractivity contribution is 0.111. The van der Waals surface area contributed by atoms with E-state index in [9.17, 15) is 9.59 Å². The number of aryl methyl sites for hydroxylation is 2. The number of hydrogen-bond donors (Lipinski definition) is 0. The summed E-state index contributed by atoms with van der Waals surface area (Å²) in [5.41, 5.74) is 2.88. The Hall–Kier alpha value is -3.79. The van der Waals surface area contributed by atoms with Crippen LogP contribution in [0.2, 0.25) is 0 Å². The summed E-state index contributed by atoms with van der Waals surface area (Å²) < 4.78 is 15.0. The van der Waals surface area contributed by atoms with E-state index in [-0.39, 0.29) is 18.0 Å². The minimum Gasteiger partial charge on any atom is -0.501 e. The van der Waals surface area contributed by atoms with Gasteiger partial charge in [0.25, 0.3) is 0 Å². The predicted molar refractivity (Wildman–Crippen MR) is 130 cm³/mol. The lowest BCUT2D eigenvalue weighted by Crippen LogP contribution is -2.34. The van der Waals surface area contributed by atoms with Gasteiger partial charge in [-0.2, -0.15) is 4.80 Å². The molecule has 1 aliphatic rings. The molecule has 2 heterocycles. The van der Waals surface area contributed by atoms with Crippen LogP contribution in [-0.2, 0) is 21.3 Å². The molecule has 1 aliphatic heterocycles. The van der Waals surface area contributed by atoms with Crippen molar-refractivity contribution in [2.75, 3.05) is 32.3 Å². The second-order valence-electron chi connectivity index (χ2n) is 6.99. The molecular formula is C24H33N5O5. The fourth-order valence-corrected chi connectivity index (χ4v) is 2.69. The van der Waals surface area contributed by atoms with Crippen molar-refractivity contribution in [1.29, 1.82) is 0 Å². The quantitative estimate of drug-likeness (QED) is 0.342. The molecule has 0 aliphatic carbocycles. The van der Waals surface area contributed by atoms with Crippen molar-refractivity contribution in [1.82, 2.24) is 20.2 Å². The number of allylic oxidation sites excluding steroid dienone is 3. The third kappa shape index (κ3) is 8.99. The Labute approximate surface area is 200 Å². The molecule has 0 spiro atoms. The normalized spacial score (nSPS) is 15.4. The molecule has 1 unspecified atom stereocenters. The molecule has 1 aromatic carbocycles. The zero-order valence-corrected chi connectivity index (χ0v) is 20.6. The van der Waals surface area contributed by atoms with E-state index >= 15 is 0 Å². The highest BCUT2D eigenvalue weighted by molar-refractivity contribution is 5.91. The third-order valence-corrected chi connectivity index (χ3v) is 4.49. The third-order valence-electron chi connectivity index (χ3n) is 4.49. The summed E-state index contributed by atoms with van der Waals surface area (Å²) in [5.74, 6) is 0.879. The second kappa shape index (κ2) is 15.1. The number of carbonyl (C=O) groups is 2. The van der Waals surface area contributed by atoms with E-state index in [1.54, 1.807) is 32.2 Å². The molecule has 1 aromatic heterocycles. The van der Waals surface area contributed by atoms with Gasteiger partial charge in [-0.25, -0.2) is 4.79 Å². The minimum absolute atomic E-state index is 0.118. The molecule has 1 fully saturated rings. The molecule has 34 heavy (non-hydrogen) atoms. The van der Waals surface area contributed by atoms with Crippen LogP contribution in [0.5, 0.6) is 0 Å². The Morgan fingerprint density at radius 3 is 2.38 bits per heavy atom. The molecule has 0 saturated carbocycles. The van der Waals surface area contributed by atoms with Crippen LogP contribution >= 0.6 is 0 Å². The SMILES string of the molecule is C=C/C=C(\C=C(/C)OC)C1COC(=O)N1c1ccc(C)cc1.CCOC.Cn1nnc(C=O)n1. The summed E-state index contributed by atoms with van der Waals surface area (Å²) in [6, 6.07) is 7.61. The Kier molecular flexibility index (Phi) is 12.6. The molecule has 1 amide bonds. The molecule has 0 radical (unpaired) electrons. The average Bonchev–Trinajstić information content (AvgIpc) is 3.45. The summed E-state index contributed by atoms with van der Waals surface area (Å²) in [5, 5.41) is 10.3.